The van der Waals surface area contributed by atoms with Crippen molar-refractivity contribution in [2.24, 2.45) is 4.99 Å². The van der Waals surface area contributed by atoms with E-state index < -0.39 is 11.7 Å². The standard InChI is InChI=1S/C21H28N4O3S.ClH/c1-13(17-18(26)23-19(22-4)29-17)15-11-25(16-10-8-7-9-14(15)16)20(27)28-21(2,3)12-24(5)6;/h7-11,13,17H,12H2,1-6H3,(H,22,23,26);1H. The van der Waals surface area contributed by atoms with Crippen LogP contribution < -0.4 is 5.32 Å². The van der Waals surface area contributed by atoms with Gasteiger partial charge in [-0.15, -0.1) is 12.4 Å². The lowest BCUT2D eigenvalue weighted by Crippen LogP contribution is -2.39. The van der Waals surface area contributed by atoms with Gasteiger partial charge in [0, 0.05) is 31.1 Å². The van der Waals surface area contributed by atoms with Crippen molar-refractivity contribution in [1.82, 2.24) is 14.8 Å². The molecule has 2 heterocycles. The predicted molar refractivity (Wildman–Crippen MR) is 125 cm³/mol. The van der Waals surface area contributed by atoms with E-state index in [4.69, 9.17) is 4.74 Å². The molecule has 1 saturated heterocycles. The number of hydrogen-bond donors (Lipinski definition) is 1. The van der Waals surface area contributed by atoms with E-state index in [-0.39, 0.29) is 29.5 Å². The van der Waals surface area contributed by atoms with E-state index in [9.17, 15) is 9.59 Å². The van der Waals surface area contributed by atoms with Gasteiger partial charge >= 0.3 is 6.09 Å². The van der Waals surface area contributed by atoms with Crippen LogP contribution in [0.1, 0.15) is 32.3 Å². The van der Waals surface area contributed by atoms with Gasteiger partial charge in [0.25, 0.3) is 0 Å². The van der Waals surface area contributed by atoms with Crippen molar-refractivity contribution in [2.45, 2.75) is 37.5 Å². The second kappa shape index (κ2) is 9.41. The van der Waals surface area contributed by atoms with E-state index in [2.05, 4.69) is 10.3 Å². The molecule has 1 N–H and O–H groups in total. The SMILES string of the molecule is CN=C1NC(=O)C(C(C)c2cn(C(=O)OC(C)(C)CN(C)C)c3ccccc23)S1.Cl. The van der Waals surface area contributed by atoms with Gasteiger partial charge in [-0.25, -0.2) is 4.79 Å². The number of carbonyl (C=O) groups excluding carboxylic acids is 2. The van der Waals surface area contributed by atoms with Crippen LogP contribution in [0.25, 0.3) is 10.9 Å². The molecule has 7 nitrogen and oxygen atoms in total. The van der Waals surface area contributed by atoms with Gasteiger partial charge in [0.05, 0.1) is 10.8 Å². The zero-order valence-corrected chi connectivity index (χ0v) is 19.8. The Morgan fingerprint density at radius 2 is 2.03 bits per heavy atom. The number of carbonyl (C=O) groups is 2. The van der Waals surface area contributed by atoms with Crippen LogP contribution in [0.5, 0.6) is 0 Å². The Kier molecular flexibility index (Phi) is 7.60. The van der Waals surface area contributed by atoms with Gasteiger partial charge in [-0.05, 0) is 39.6 Å². The number of amides is 1. The van der Waals surface area contributed by atoms with Gasteiger partial charge in [0.1, 0.15) is 5.60 Å². The molecule has 2 aromatic rings. The maximum atomic E-state index is 13.0. The summed E-state index contributed by atoms with van der Waals surface area (Å²) in [5.74, 6) is -0.164. The molecular weight excluding hydrogens is 424 g/mol. The van der Waals surface area contributed by atoms with E-state index >= 15 is 0 Å². The second-order valence-corrected chi connectivity index (χ2v) is 9.31. The smallest absolute Gasteiger partial charge is 0.419 e. The summed E-state index contributed by atoms with van der Waals surface area (Å²) in [5, 5.41) is 4.07. The maximum Gasteiger partial charge on any atom is 0.419 e. The average molecular weight is 453 g/mol. The number of ether oxygens (including phenoxy) is 1. The summed E-state index contributed by atoms with van der Waals surface area (Å²) in [4.78, 5) is 31.5. The topological polar surface area (TPSA) is 75.9 Å². The van der Waals surface area contributed by atoms with Gasteiger partial charge in [0.2, 0.25) is 5.91 Å². The van der Waals surface area contributed by atoms with Crippen LogP contribution in [0.4, 0.5) is 4.79 Å². The third-order valence-electron chi connectivity index (χ3n) is 4.88. The minimum Gasteiger partial charge on any atom is -0.442 e. The highest BCUT2D eigenvalue weighted by molar-refractivity contribution is 8.15. The molecule has 2 unspecified atom stereocenters. The molecule has 9 heteroatoms. The predicted octanol–water partition coefficient (Wildman–Crippen LogP) is 3.71. The number of benzene rings is 1. The van der Waals surface area contributed by atoms with Crippen molar-refractivity contribution in [3.05, 3.63) is 36.0 Å². The van der Waals surface area contributed by atoms with Crippen molar-refractivity contribution in [1.29, 1.82) is 0 Å². The van der Waals surface area contributed by atoms with Crippen LogP contribution in [0.15, 0.2) is 35.5 Å². The highest BCUT2D eigenvalue weighted by Gasteiger charge is 2.36. The number of amidine groups is 1. The molecular formula is C21H29ClN4O3S. The largest absolute Gasteiger partial charge is 0.442 e. The fraction of sp³-hybridized carbons (Fsp3) is 0.476. The monoisotopic (exact) mass is 452 g/mol. The van der Waals surface area contributed by atoms with E-state index in [0.29, 0.717) is 11.7 Å². The van der Waals surface area contributed by atoms with E-state index in [0.717, 1.165) is 16.5 Å². The molecule has 164 valence electrons. The molecule has 1 fully saturated rings. The third-order valence-corrected chi connectivity index (χ3v) is 6.26. The minimum absolute atomic E-state index is 0. The molecule has 1 aliphatic heterocycles. The lowest BCUT2D eigenvalue weighted by Gasteiger charge is -2.28. The number of likely N-dealkylation sites (N-methyl/N-ethyl adjacent to an activating group) is 1. The number of aromatic nitrogens is 1. The molecule has 1 aromatic heterocycles. The van der Waals surface area contributed by atoms with Crippen LogP contribution in [0.3, 0.4) is 0 Å². The molecule has 3 rings (SSSR count). The lowest BCUT2D eigenvalue weighted by atomic mass is 9.96. The zero-order chi connectivity index (χ0) is 21.3. The summed E-state index contributed by atoms with van der Waals surface area (Å²) in [5.41, 5.74) is 1.08. The second-order valence-electron chi connectivity index (χ2n) is 8.18. The Labute approximate surface area is 187 Å². The van der Waals surface area contributed by atoms with Crippen LogP contribution in [-0.4, -0.2) is 65.2 Å². The number of thioether (sulfide) groups is 1. The molecule has 0 radical (unpaired) electrons. The van der Waals surface area contributed by atoms with E-state index in [1.165, 1.54) is 11.8 Å². The number of nitrogens with zero attached hydrogens (tertiary/aromatic N) is 3. The Bertz CT molecular complexity index is 970. The maximum absolute atomic E-state index is 13.0. The number of hydrogen-bond acceptors (Lipinski definition) is 6. The van der Waals surface area contributed by atoms with Crippen LogP contribution >= 0.6 is 24.2 Å². The quantitative estimate of drug-likeness (QED) is 0.748. The molecule has 30 heavy (non-hydrogen) atoms. The Balaban J connectivity index is 0.00000320. The fourth-order valence-electron chi connectivity index (χ4n) is 3.78. The summed E-state index contributed by atoms with van der Waals surface area (Å²) in [7, 11) is 5.55. The van der Waals surface area contributed by atoms with Crippen molar-refractivity contribution in [3.8, 4) is 0 Å². The Morgan fingerprint density at radius 1 is 1.37 bits per heavy atom. The highest BCUT2D eigenvalue weighted by Crippen LogP contribution is 2.37. The number of rotatable bonds is 5. The van der Waals surface area contributed by atoms with E-state index in [1.54, 1.807) is 17.8 Å². The molecule has 1 aromatic carbocycles. The third kappa shape index (κ3) is 4.99. The molecule has 0 saturated carbocycles. The molecule has 2 atom stereocenters. The highest BCUT2D eigenvalue weighted by atomic mass is 35.5. The summed E-state index contributed by atoms with van der Waals surface area (Å²) in [6, 6.07) is 7.70. The number of fused-ring (bicyclic) bond motifs is 1. The zero-order valence-electron chi connectivity index (χ0n) is 18.1. The summed E-state index contributed by atoms with van der Waals surface area (Å²) < 4.78 is 7.34. The Morgan fingerprint density at radius 3 is 2.63 bits per heavy atom. The van der Waals surface area contributed by atoms with Crippen LogP contribution in [-0.2, 0) is 9.53 Å². The first-order valence-corrected chi connectivity index (χ1v) is 10.4. The first kappa shape index (κ1) is 24.2. The fourth-order valence-corrected chi connectivity index (χ4v) is 4.80. The lowest BCUT2D eigenvalue weighted by molar-refractivity contribution is -0.119. The van der Waals surface area contributed by atoms with Crippen molar-refractivity contribution >= 4 is 52.2 Å². The first-order valence-electron chi connectivity index (χ1n) is 9.55. The molecule has 1 amide bonds. The van der Waals surface area contributed by atoms with Gasteiger partial charge in [-0.1, -0.05) is 36.9 Å². The van der Waals surface area contributed by atoms with Crippen molar-refractivity contribution in [2.75, 3.05) is 27.7 Å². The minimum atomic E-state index is -0.634. The Hall–Kier alpha value is -2.03. The molecule has 1 aliphatic rings. The van der Waals surface area contributed by atoms with Gasteiger partial charge in [-0.2, -0.15) is 0 Å². The molecule has 0 spiro atoms. The average Bonchev–Trinajstić information content (AvgIpc) is 3.20. The molecule has 0 aliphatic carbocycles. The number of aliphatic imine (C=N–C) groups is 1. The van der Waals surface area contributed by atoms with Gasteiger partial charge in [-0.3, -0.25) is 14.4 Å². The first-order chi connectivity index (χ1) is 13.6. The summed E-state index contributed by atoms with van der Waals surface area (Å²) in [6.45, 7) is 6.40. The normalized spacial score (nSPS) is 19.1. The van der Waals surface area contributed by atoms with Crippen molar-refractivity contribution in [3.63, 3.8) is 0 Å². The van der Waals surface area contributed by atoms with Gasteiger partial charge < -0.3 is 15.0 Å². The van der Waals surface area contributed by atoms with Crippen LogP contribution in [0, 0.1) is 0 Å². The number of para-hydroxylation sites is 1. The number of halogens is 1. The number of nitrogens with one attached hydrogen (secondary N) is 1. The van der Waals surface area contributed by atoms with Crippen LogP contribution in [0.2, 0.25) is 0 Å². The van der Waals surface area contributed by atoms with E-state index in [1.807, 2.05) is 64.0 Å². The molecule has 0 bridgehead atoms. The summed E-state index contributed by atoms with van der Waals surface area (Å²) >= 11 is 1.42. The van der Waals surface area contributed by atoms with Crippen molar-refractivity contribution < 1.29 is 14.3 Å². The summed E-state index contributed by atoms with van der Waals surface area (Å²) in [6.07, 6.45) is 1.38. The van der Waals surface area contributed by atoms with Gasteiger partial charge in [0.15, 0.2) is 5.17 Å².